The number of para-hydroxylation sites is 1. The van der Waals surface area contributed by atoms with Gasteiger partial charge in [-0.15, -0.1) is 0 Å². The molecule has 0 fully saturated rings. The second-order valence-corrected chi connectivity index (χ2v) is 5.45. The second kappa shape index (κ2) is 8.00. The van der Waals surface area contributed by atoms with E-state index in [1.807, 2.05) is 17.8 Å². The van der Waals surface area contributed by atoms with E-state index < -0.39 is 0 Å². The van der Waals surface area contributed by atoms with Crippen LogP contribution in [0.5, 0.6) is 5.75 Å². The molecule has 1 atom stereocenters. The molecule has 1 rings (SSSR count). The van der Waals surface area contributed by atoms with Gasteiger partial charge in [0.1, 0.15) is 5.75 Å². The predicted octanol–water partition coefficient (Wildman–Crippen LogP) is 2.20. The van der Waals surface area contributed by atoms with Crippen molar-refractivity contribution in [2.75, 3.05) is 12.4 Å². The highest BCUT2D eigenvalue weighted by Crippen LogP contribution is 2.19. The zero-order valence-electron chi connectivity index (χ0n) is 10.8. The second-order valence-electron chi connectivity index (χ2n) is 3.91. The number of hydrogen-bond donors (Lipinski definition) is 2. The number of hydrazine groups is 1. The molecule has 3 N–H and O–H groups in total. The van der Waals surface area contributed by atoms with E-state index >= 15 is 0 Å². The van der Waals surface area contributed by atoms with Crippen LogP contribution in [0.25, 0.3) is 0 Å². The Labute approximate surface area is 112 Å². The standard InChI is InChI=1S/C13H20N2O2S/c1-3-10(2)18-9-8-17-12-7-5-4-6-11(12)13(16)15-14/h4-7,10H,3,8-9,14H2,1-2H3,(H,15,16). The Hall–Kier alpha value is -1.20. The van der Waals surface area contributed by atoms with Gasteiger partial charge in [-0.1, -0.05) is 26.0 Å². The van der Waals surface area contributed by atoms with Gasteiger partial charge in [0.05, 0.1) is 12.2 Å². The molecule has 0 aromatic heterocycles. The fourth-order valence-corrected chi connectivity index (χ4v) is 2.19. The smallest absolute Gasteiger partial charge is 0.268 e. The summed E-state index contributed by atoms with van der Waals surface area (Å²) in [5.74, 6) is 6.28. The lowest BCUT2D eigenvalue weighted by molar-refractivity contribution is 0.0950. The average Bonchev–Trinajstić information content (AvgIpc) is 2.42. The number of benzene rings is 1. The number of rotatable bonds is 7. The molecule has 5 heteroatoms. The van der Waals surface area contributed by atoms with Gasteiger partial charge in [0, 0.05) is 11.0 Å². The van der Waals surface area contributed by atoms with E-state index in [4.69, 9.17) is 10.6 Å². The fourth-order valence-electron chi connectivity index (χ4n) is 1.38. The van der Waals surface area contributed by atoms with Crippen molar-refractivity contribution in [3.05, 3.63) is 29.8 Å². The van der Waals surface area contributed by atoms with Crippen LogP contribution in [0.2, 0.25) is 0 Å². The number of ether oxygens (including phenoxy) is 1. The molecule has 0 aliphatic heterocycles. The minimum absolute atomic E-state index is 0.333. The SMILES string of the molecule is CCC(C)SCCOc1ccccc1C(=O)NN. The van der Waals surface area contributed by atoms with Crippen molar-refractivity contribution in [2.24, 2.45) is 5.84 Å². The van der Waals surface area contributed by atoms with Gasteiger partial charge in [-0.2, -0.15) is 11.8 Å². The van der Waals surface area contributed by atoms with Crippen LogP contribution in [-0.2, 0) is 0 Å². The normalized spacial score (nSPS) is 11.9. The summed E-state index contributed by atoms with van der Waals surface area (Å²) in [5, 5.41) is 0.635. The van der Waals surface area contributed by atoms with Crippen LogP contribution >= 0.6 is 11.8 Å². The Balaban J connectivity index is 2.49. The summed E-state index contributed by atoms with van der Waals surface area (Å²) in [4.78, 5) is 11.5. The molecule has 0 bridgehead atoms. The van der Waals surface area contributed by atoms with Gasteiger partial charge in [-0.3, -0.25) is 10.2 Å². The average molecular weight is 268 g/mol. The maximum Gasteiger partial charge on any atom is 0.268 e. The monoisotopic (exact) mass is 268 g/mol. The first-order chi connectivity index (χ1) is 8.69. The number of nitrogens with one attached hydrogen (secondary N) is 1. The molecule has 0 radical (unpaired) electrons. The van der Waals surface area contributed by atoms with Crippen LogP contribution in [0.1, 0.15) is 30.6 Å². The van der Waals surface area contributed by atoms with Crippen molar-refractivity contribution in [3.8, 4) is 5.75 Å². The summed E-state index contributed by atoms with van der Waals surface area (Å²) in [5.41, 5.74) is 2.58. The zero-order chi connectivity index (χ0) is 13.4. The van der Waals surface area contributed by atoms with Crippen molar-refractivity contribution in [3.63, 3.8) is 0 Å². The molecule has 0 aliphatic carbocycles. The Morgan fingerprint density at radius 2 is 2.22 bits per heavy atom. The number of nitrogens with two attached hydrogens (primary N) is 1. The molecule has 0 aliphatic rings. The van der Waals surface area contributed by atoms with E-state index in [2.05, 4.69) is 19.3 Å². The number of thioether (sulfide) groups is 1. The van der Waals surface area contributed by atoms with E-state index in [1.54, 1.807) is 18.2 Å². The first-order valence-electron chi connectivity index (χ1n) is 6.03. The molecule has 0 heterocycles. The van der Waals surface area contributed by atoms with Crippen LogP contribution < -0.4 is 16.0 Å². The van der Waals surface area contributed by atoms with Crippen molar-refractivity contribution in [1.82, 2.24) is 5.43 Å². The van der Waals surface area contributed by atoms with E-state index in [9.17, 15) is 4.79 Å². The Morgan fingerprint density at radius 1 is 1.50 bits per heavy atom. The van der Waals surface area contributed by atoms with Gasteiger partial charge < -0.3 is 4.74 Å². The third-order valence-corrected chi connectivity index (χ3v) is 3.89. The summed E-state index contributed by atoms with van der Waals surface area (Å²) < 4.78 is 5.62. The van der Waals surface area contributed by atoms with Crippen LogP contribution in [0, 0.1) is 0 Å². The van der Waals surface area contributed by atoms with Crippen molar-refractivity contribution in [1.29, 1.82) is 0 Å². The first kappa shape index (κ1) is 14.9. The molecule has 18 heavy (non-hydrogen) atoms. The van der Waals surface area contributed by atoms with Gasteiger partial charge in [0.15, 0.2) is 0 Å². The fraction of sp³-hybridized carbons (Fsp3) is 0.462. The molecular formula is C13H20N2O2S. The number of hydrogen-bond acceptors (Lipinski definition) is 4. The molecule has 0 spiro atoms. The minimum Gasteiger partial charge on any atom is -0.492 e. The largest absolute Gasteiger partial charge is 0.492 e. The molecule has 100 valence electrons. The molecule has 1 aromatic rings. The highest BCUT2D eigenvalue weighted by molar-refractivity contribution is 7.99. The summed E-state index contributed by atoms with van der Waals surface area (Å²) >= 11 is 1.87. The van der Waals surface area contributed by atoms with Gasteiger partial charge in [0.2, 0.25) is 0 Å². The minimum atomic E-state index is -0.333. The van der Waals surface area contributed by atoms with E-state index in [1.165, 1.54) is 0 Å². The summed E-state index contributed by atoms with van der Waals surface area (Å²) in [6.07, 6.45) is 1.15. The Morgan fingerprint density at radius 3 is 2.89 bits per heavy atom. The third-order valence-electron chi connectivity index (χ3n) is 2.58. The van der Waals surface area contributed by atoms with E-state index in [-0.39, 0.29) is 5.91 Å². The predicted molar refractivity (Wildman–Crippen MR) is 75.8 cm³/mol. The Kier molecular flexibility index (Phi) is 6.60. The molecule has 1 unspecified atom stereocenters. The van der Waals surface area contributed by atoms with Gasteiger partial charge in [0.25, 0.3) is 5.91 Å². The molecule has 1 aromatic carbocycles. The van der Waals surface area contributed by atoms with Gasteiger partial charge >= 0.3 is 0 Å². The Bertz CT molecular complexity index is 385. The van der Waals surface area contributed by atoms with Crippen LogP contribution in [0.3, 0.4) is 0 Å². The number of amides is 1. The highest BCUT2D eigenvalue weighted by atomic mass is 32.2. The van der Waals surface area contributed by atoms with E-state index in [0.29, 0.717) is 23.2 Å². The van der Waals surface area contributed by atoms with Crippen LogP contribution in [0.15, 0.2) is 24.3 Å². The van der Waals surface area contributed by atoms with Gasteiger partial charge in [-0.05, 0) is 18.6 Å². The van der Waals surface area contributed by atoms with E-state index in [0.717, 1.165) is 12.2 Å². The van der Waals surface area contributed by atoms with Gasteiger partial charge in [-0.25, -0.2) is 5.84 Å². The lowest BCUT2D eigenvalue weighted by Gasteiger charge is -2.11. The molecule has 0 saturated heterocycles. The van der Waals surface area contributed by atoms with Crippen molar-refractivity contribution in [2.45, 2.75) is 25.5 Å². The molecular weight excluding hydrogens is 248 g/mol. The highest BCUT2D eigenvalue weighted by Gasteiger charge is 2.10. The van der Waals surface area contributed by atoms with Crippen LogP contribution in [0.4, 0.5) is 0 Å². The maximum absolute atomic E-state index is 11.5. The lowest BCUT2D eigenvalue weighted by Crippen LogP contribution is -2.30. The summed E-state index contributed by atoms with van der Waals surface area (Å²) in [6, 6.07) is 7.09. The first-order valence-corrected chi connectivity index (χ1v) is 7.08. The topological polar surface area (TPSA) is 64.3 Å². The van der Waals surface area contributed by atoms with Crippen molar-refractivity contribution < 1.29 is 9.53 Å². The summed E-state index contributed by atoms with van der Waals surface area (Å²) in [7, 11) is 0. The number of carbonyl (C=O) groups is 1. The number of nitrogen functional groups attached to an aromatic ring is 1. The quantitative estimate of drug-likeness (QED) is 0.344. The van der Waals surface area contributed by atoms with Crippen LogP contribution in [-0.4, -0.2) is 23.5 Å². The molecule has 1 amide bonds. The lowest BCUT2D eigenvalue weighted by atomic mass is 10.2. The molecule has 0 saturated carbocycles. The van der Waals surface area contributed by atoms with Crippen molar-refractivity contribution >= 4 is 17.7 Å². The molecule has 4 nitrogen and oxygen atoms in total. The number of carbonyl (C=O) groups excluding carboxylic acids is 1. The summed E-state index contributed by atoms with van der Waals surface area (Å²) in [6.45, 7) is 4.95. The third kappa shape index (κ3) is 4.58. The zero-order valence-corrected chi connectivity index (χ0v) is 11.6. The maximum atomic E-state index is 11.5.